The monoisotopic (exact) mass is 536 g/mol. The molecule has 10 heteroatoms. The Hall–Kier alpha value is -3.47. The van der Waals surface area contributed by atoms with Gasteiger partial charge in [0.1, 0.15) is 11.6 Å². The molecule has 1 aromatic carbocycles. The zero-order valence-electron chi connectivity index (χ0n) is 22.0. The Morgan fingerprint density at radius 3 is 2.64 bits per heavy atom. The predicted octanol–water partition coefficient (Wildman–Crippen LogP) is 5.14. The lowest BCUT2D eigenvalue weighted by Crippen LogP contribution is -2.45. The van der Waals surface area contributed by atoms with E-state index >= 15 is 0 Å². The third kappa shape index (κ3) is 5.50. The minimum absolute atomic E-state index is 0.0339. The van der Waals surface area contributed by atoms with Crippen LogP contribution in [0.15, 0.2) is 42.9 Å². The highest BCUT2D eigenvalue weighted by atomic mass is 19.1. The van der Waals surface area contributed by atoms with E-state index in [9.17, 15) is 13.9 Å². The lowest BCUT2D eigenvalue weighted by Gasteiger charge is -2.38. The van der Waals surface area contributed by atoms with E-state index in [-0.39, 0.29) is 29.3 Å². The largest absolute Gasteiger partial charge is 0.385 e. The first-order valence-corrected chi connectivity index (χ1v) is 13.2. The van der Waals surface area contributed by atoms with Crippen molar-refractivity contribution in [2.45, 2.75) is 62.7 Å². The molecule has 0 saturated heterocycles. The third-order valence-corrected chi connectivity index (χ3v) is 8.07. The molecule has 0 aliphatic heterocycles. The van der Waals surface area contributed by atoms with Crippen LogP contribution in [0.5, 0.6) is 0 Å². The van der Waals surface area contributed by atoms with Gasteiger partial charge in [-0.25, -0.2) is 13.8 Å². The van der Waals surface area contributed by atoms with Gasteiger partial charge < -0.3 is 31.3 Å². The van der Waals surface area contributed by atoms with Crippen molar-refractivity contribution in [1.82, 2.24) is 15.0 Å². The second-order valence-electron chi connectivity index (χ2n) is 10.7. The molecule has 0 amide bonds. The lowest BCUT2D eigenvalue weighted by atomic mass is 9.74. The number of ether oxygens (including phenoxy) is 1. The van der Waals surface area contributed by atoms with E-state index in [1.165, 1.54) is 12.2 Å². The molecule has 2 aliphatic carbocycles. The van der Waals surface area contributed by atoms with Gasteiger partial charge in [-0.15, -0.1) is 0 Å². The third-order valence-electron chi connectivity index (χ3n) is 8.07. The SMILES string of the molecule is CO[C@H]1[C@H](N)C[C@H](c2ccncc2Nc2ncc(/C=C\C(=N)c3c(F)cc(C4(O)CCC4)cc3F)[nH]2)C[C@@H]1C. The summed E-state index contributed by atoms with van der Waals surface area (Å²) in [6.07, 6.45) is 11.4. The van der Waals surface area contributed by atoms with Crippen LogP contribution in [0.25, 0.3) is 6.08 Å². The maximum absolute atomic E-state index is 14.7. The zero-order chi connectivity index (χ0) is 27.7. The number of methoxy groups -OCH3 is 1. The highest BCUT2D eigenvalue weighted by molar-refractivity contribution is 6.09. The summed E-state index contributed by atoms with van der Waals surface area (Å²) in [6, 6.07) is 4.18. The molecule has 0 bridgehead atoms. The number of pyridine rings is 1. The predicted molar refractivity (Wildman–Crippen MR) is 146 cm³/mol. The van der Waals surface area contributed by atoms with Crippen molar-refractivity contribution in [3.05, 3.63) is 76.9 Å². The second-order valence-corrected chi connectivity index (χ2v) is 10.7. The van der Waals surface area contributed by atoms with Crippen LogP contribution in [0.3, 0.4) is 0 Å². The number of hydrogen-bond donors (Lipinski definition) is 5. The zero-order valence-corrected chi connectivity index (χ0v) is 22.0. The van der Waals surface area contributed by atoms with Crippen molar-refractivity contribution in [3.8, 4) is 0 Å². The van der Waals surface area contributed by atoms with Crippen LogP contribution in [0, 0.1) is 23.0 Å². The standard InChI is InChI=1S/C29H34F2N6O2/c1-16-10-17(11-24(33)27(16)39-2)20-6-9-34-15-25(20)37-28-35-14-19(36-28)4-5-23(32)26-21(30)12-18(13-22(26)31)29(38)7-3-8-29/h4-6,9,12-17,24,27,32,38H,3,7-8,10-11,33H2,1-2H3,(H2,35,36,37)/b5-4-,32-23?/t16-,17+,24+,27+/m0/s1. The van der Waals surface area contributed by atoms with E-state index in [1.54, 1.807) is 25.7 Å². The molecule has 3 aromatic rings. The Kier molecular flexibility index (Phi) is 7.61. The number of nitrogens with one attached hydrogen (secondary N) is 3. The highest BCUT2D eigenvalue weighted by Crippen LogP contribution is 2.42. The Morgan fingerprint density at radius 1 is 1.26 bits per heavy atom. The molecule has 2 aromatic heterocycles. The minimum atomic E-state index is -1.18. The molecule has 4 atom stereocenters. The van der Waals surface area contributed by atoms with E-state index in [4.69, 9.17) is 15.9 Å². The van der Waals surface area contributed by atoms with E-state index in [0.29, 0.717) is 30.4 Å². The van der Waals surface area contributed by atoms with Crippen LogP contribution < -0.4 is 11.1 Å². The molecule has 5 rings (SSSR count). The summed E-state index contributed by atoms with van der Waals surface area (Å²) in [4.78, 5) is 11.7. The van der Waals surface area contributed by atoms with Crippen LogP contribution in [-0.2, 0) is 10.3 Å². The molecule has 39 heavy (non-hydrogen) atoms. The highest BCUT2D eigenvalue weighted by Gasteiger charge is 2.38. The molecule has 8 nitrogen and oxygen atoms in total. The van der Waals surface area contributed by atoms with Gasteiger partial charge in [-0.1, -0.05) is 6.92 Å². The number of nitrogens with zero attached hydrogens (tertiary/aromatic N) is 2. The van der Waals surface area contributed by atoms with Gasteiger partial charge in [-0.05, 0) is 85.4 Å². The summed E-state index contributed by atoms with van der Waals surface area (Å²) in [5.41, 5.74) is 7.13. The van der Waals surface area contributed by atoms with E-state index in [0.717, 1.165) is 42.6 Å². The maximum atomic E-state index is 14.7. The lowest BCUT2D eigenvalue weighted by molar-refractivity contribution is -0.0392. The molecular weight excluding hydrogens is 502 g/mol. The van der Waals surface area contributed by atoms with Crippen molar-refractivity contribution in [2.75, 3.05) is 12.4 Å². The van der Waals surface area contributed by atoms with Crippen LogP contribution in [0.1, 0.15) is 67.3 Å². The summed E-state index contributed by atoms with van der Waals surface area (Å²) in [5.74, 6) is -0.722. The first-order chi connectivity index (χ1) is 18.7. The van der Waals surface area contributed by atoms with Gasteiger partial charge in [0.15, 0.2) is 0 Å². The van der Waals surface area contributed by atoms with E-state index < -0.39 is 22.8 Å². The summed E-state index contributed by atoms with van der Waals surface area (Å²) >= 11 is 0. The first kappa shape index (κ1) is 27.1. The number of aromatic amines is 1. The number of aromatic nitrogens is 3. The topological polar surface area (TPSA) is 133 Å². The number of nitrogens with two attached hydrogens (primary N) is 1. The van der Waals surface area contributed by atoms with Crippen LogP contribution in [0.4, 0.5) is 20.4 Å². The number of benzene rings is 1. The Morgan fingerprint density at radius 2 is 2.00 bits per heavy atom. The molecule has 0 spiro atoms. The smallest absolute Gasteiger partial charge is 0.205 e. The number of anilines is 2. The Balaban J connectivity index is 1.28. The maximum Gasteiger partial charge on any atom is 0.205 e. The van der Waals surface area contributed by atoms with Crippen LogP contribution in [-0.4, -0.2) is 45.0 Å². The molecule has 206 valence electrons. The molecular formula is C29H34F2N6O2. The van der Waals surface area contributed by atoms with Gasteiger partial charge in [0.2, 0.25) is 5.95 Å². The molecule has 0 radical (unpaired) electrons. The van der Waals surface area contributed by atoms with Gasteiger partial charge in [0, 0.05) is 19.3 Å². The fraction of sp³-hybridized carbons (Fsp3) is 0.414. The number of hydrogen-bond acceptors (Lipinski definition) is 7. The van der Waals surface area contributed by atoms with Gasteiger partial charge in [0.25, 0.3) is 0 Å². The fourth-order valence-electron chi connectivity index (χ4n) is 5.86. The quantitative estimate of drug-likeness (QED) is 0.253. The first-order valence-electron chi connectivity index (χ1n) is 13.2. The van der Waals surface area contributed by atoms with Gasteiger partial charge in [-0.2, -0.15) is 0 Å². The molecule has 2 aliphatic rings. The van der Waals surface area contributed by atoms with Crippen LogP contribution in [0.2, 0.25) is 0 Å². The molecule has 2 fully saturated rings. The number of imidazole rings is 1. The van der Waals surface area contributed by atoms with Crippen molar-refractivity contribution in [3.63, 3.8) is 0 Å². The number of aliphatic hydroxyl groups is 1. The van der Waals surface area contributed by atoms with E-state index in [2.05, 4.69) is 27.2 Å². The van der Waals surface area contributed by atoms with Gasteiger partial charge in [0.05, 0.1) is 46.8 Å². The average Bonchev–Trinajstić information content (AvgIpc) is 3.33. The van der Waals surface area contributed by atoms with Crippen molar-refractivity contribution in [2.24, 2.45) is 11.7 Å². The molecule has 0 unspecified atom stereocenters. The van der Waals surface area contributed by atoms with Crippen molar-refractivity contribution < 1.29 is 18.6 Å². The Bertz CT molecular complexity index is 1350. The average molecular weight is 537 g/mol. The number of H-pyrrole nitrogens is 1. The minimum Gasteiger partial charge on any atom is -0.385 e. The van der Waals surface area contributed by atoms with E-state index in [1.807, 2.05) is 6.07 Å². The second kappa shape index (κ2) is 11.0. The summed E-state index contributed by atoms with van der Waals surface area (Å²) in [6.45, 7) is 2.15. The van der Waals surface area contributed by atoms with Gasteiger partial charge in [-0.3, -0.25) is 4.98 Å². The van der Waals surface area contributed by atoms with Crippen LogP contribution >= 0.6 is 0 Å². The summed E-state index contributed by atoms with van der Waals surface area (Å²) < 4.78 is 35.1. The number of rotatable bonds is 8. The summed E-state index contributed by atoms with van der Waals surface area (Å²) in [7, 11) is 1.70. The fourth-order valence-corrected chi connectivity index (χ4v) is 5.86. The Labute approximate surface area is 226 Å². The normalized spacial score (nSPS) is 24.5. The molecule has 2 saturated carbocycles. The van der Waals surface area contributed by atoms with Gasteiger partial charge >= 0.3 is 0 Å². The number of allylic oxidation sites excluding steroid dienone is 1. The molecule has 2 heterocycles. The van der Waals surface area contributed by atoms with Crippen molar-refractivity contribution in [1.29, 1.82) is 5.41 Å². The van der Waals surface area contributed by atoms with Crippen molar-refractivity contribution >= 4 is 23.4 Å². The molecule has 6 N–H and O–H groups in total. The number of halogens is 2. The summed E-state index contributed by atoms with van der Waals surface area (Å²) in [5, 5.41) is 21.9.